The number of nitrogens with one attached hydrogen (secondary N) is 1. The van der Waals surface area contributed by atoms with Gasteiger partial charge in [-0.25, -0.2) is 23.5 Å². The Morgan fingerprint density at radius 3 is 2.80 bits per heavy atom. The Kier molecular flexibility index (Phi) is 5.79. The van der Waals surface area contributed by atoms with Crippen molar-refractivity contribution < 1.29 is 23.8 Å². The zero-order chi connectivity index (χ0) is 24.9. The molecule has 0 aliphatic rings. The molecule has 5 rings (SSSR count). The number of carbonyl (C=O) groups is 1. The molecule has 2 aromatic carbocycles. The van der Waals surface area contributed by atoms with Gasteiger partial charge in [-0.3, -0.25) is 4.79 Å². The number of benzene rings is 2. The van der Waals surface area contributed by atoms with Crippen molar-refractivity contribution in [2.75, 3.05) is 7.11 Å². The first-order chi connectivity index (χ1) is 16.8. The fourth-order valence-corrected chi connectivity index (χ4v) is 5.37. The molecule has 5 aromatic rings. The molecule has 3 heterocycles. The lowest BCUT2D eigenvalue weighted by Crippen LogP contribution is -2.34. The molecule has 178 valence electrons. The lowest BCUT2D eigenvalue weighted by atomic mass is 10.2. The highest BCUT2D eigenvalue weighted by atomic mass is 35.5. The van der Waals surface area contributed by atoms with Crippen LogP contribution in [0.25, 0.3) is 26.8 Å². The number of fused-ring (bicyclic) bond motifs is 2. The Morgan fingerprint density at radius 1 is 1.26 bits per heavy atom. The Bertz CT molecular complexity index is 1760. The summed E-state index contributed by atoms with van der Waals surface area (Å²) < 4.78 is 27.6. The molecule has 0 saturated carbocycles. The predicted molar refractivity (Wildman–Crippen MR) is 130 cm³/mol. The number of hydrogen-bond donors (Lipinski definition) is 2. The van der Waals surface area contributed by atoms with E-state index in [1.807, 2.05) is 6.07 Å². The zero-order valence-electron chi connectivity index (χ0n) is 17.6. The van der Waals surface area contributed by atoms with Crippen LogP contribution in [0.5, 0.6) is 11.5 Å². The van der Waals surface area contributed by atoms with Gasteiger partial charge in [-0.1, -0.05) is 11.6 Å². The van der Waals surface area contributed by atoms with Gasteiger partial charge in [-0.2, -0.15) is 0 Å². The molecule has 0 unspecified atom stereocenters. The minimum atomic E-state index is -1.34. The molecule has 2 N–H and O–H groups in total. The van der Waals surface area contributed by atoms with E-state index in [0.29, 0.717) is 20.7 Å². The van der Waals surface area contributed by atoms with Crippen molar-refractivity contribution >= 4 is 61.4 Å². The monoisotopic (exact) mass is 533 g/mol. The average molecular weight is 534 g/mol. The van der Waals surface area contributed by atoms with E-state index in [1.54, 1.807) is 11.6 Å². The first-order valence-electron chi connectivity index (χ1n) is 9.81. The van der Waals surface area contributed by atoms with Crippen LogP contribution in [0.3, 0.4) is 0 Å². The molecule has 0 spiro atoms. The highest BCUT2D eigenvalue weighted by molar-refractivity contribution is 7.16. The second-order valence-electron chi connectivity index (χ2n) is 7.20. The molecule has 0 atom stereocenters. The Morgan fingerprint density at radius 2 is 2.06 bits per heavy atom. The summed E-state index contributed by atoms with van der Waals surface area (Å²) in [6, 6.07) is 5.65. The lowest BCUT2D eigenvalue weighted by molar-refractivity contribution is 0.0704. The summed E-state index contributed by atoms with van der Waals surface area (Å²) in [4.78, 5) is 43.8. The Balaban J connectivity index is 1.64. The number of nitrogens with zero attached hydrogens (tertiary/aromatic N) is 2. The third-order valence-electron chi connectivity index (χ3n) is 5.24. The number of hydrogen-bond acceptors (Lipinski definition) is 8. The van der Waals surface area contributed by atoms with Crippen LogP contribution in [0.2, 0.25) is 5.02 Å². The van der Waals surface area contributed by atoms with E-state index < -0.39 is 28.7 Å². The van der Waals surface area contributed by atoms with Crippen LogP contribution in [-0.4, -0.2) is 32.7 Å². The number of halogens is 2. The molecule has 0 aliphatic carbocycles. The number of rotatable bonds is 6. The van der Waals surface area contributed by atoms with Crippen LogP contribution in [0.15, 0.2) is 44.7 Å². The van der Waals surface area contributed by atoms with Crippen molar-refractivity contribution in [3.8, 4) is 17.2 Å². The molecular weight excluding hydrogens is 521 g/mol. The SMILES string of the molecule is COc1cc(F)c(-n2c(=O)[nH]c3csc(C(=O)O)c3c2=O)cc1OCc1c(Cl)ccc2scnc12. The highest BCUT2D eigenvalue weighted by Gasteiger charge is 2.22. The van der Waals surface area contributed by atoms with Gasteiger partial charge in [-0.15, -0.1) is 22.7 Å². The third-order valence-corrected chi connectivity index (χ3v) is 7.36. The Hall–Kier alpha value is -3.74. The number of ether oxygens (including phenoxy) is 2. The van der Waals surface area contributed by atoms with Gasteiger partial charge in [0.15, 0.2) is 17.3 Å². The molecule has 35 heavy (non-hydrogen) atoms. The molecule has 0 saturated heterocycles. The van der Waals surface area contributed by atoms with Crippen LogP contribution in [-0.2, 0) is 6.61 Å². The van der Waals surface area contributed by atoms with E-state index in [0.717, 1.165) is 28.2 Å². The number of methoxy groups -OCH3 is 1. The van der Waals surface area contributed by atoms with Crippen molar-refractivity contribution in [3.05, 3.63) is 77.3 Å². The predicted octanol–water partition coefficient (Wildman–Crippen LogP) is 4.43. The van der Waals surface area contributed by atoms with E-state index in [1.165, 1.54) is 23.8 Å². The molecule has 13 heteroatoms. The van der Waals surface area contributed by atoms with Crippen LogP contribution in [0, 0.1) is 5.82 Å². The molecule has 3 aromatic heterocycles. The van der Waals surface area contributed by atoms with Gasteiger partial charge in [0, 0.05) is 28.1 Å². The molecule has 0 fully saturated rings. The number of thiophene rings is 1. The van der Waals surface area contributed by atoms with Crippen molar-refractivity contribution in [2.24, 2.45) is 0 Å². The maximum absolute atomic E-state index is 15.1. The van der Waals surface area contributed by atoms with Crippen molar-refractivity contribution in [3.63, 3.8) is 0 Å². The minimum absolute atomic E-state index is 0.0140. The fourth-order valence-electron chi connectivity index (χ4n) is 3.63. The molecule has 0 amide bonds. The average Bonchev–Trinajstić information content (AvgIpc) is 3.47. The number of aromatic nitrogens is 3. The number of thiazole rings is 1. The van der Waals surface area contributed by atoms with E-state index >= 15 is 4.39 Å². The summed E-state index contributed by atoms with van der Waals surface area (Å²) in [6.45, 7) is -0.0562. The van der Waals surface area contributed by atoms with Crippen molar-refractivity contribution in [2.45, 2.75) is 6.61 Å². The number of carboxylic acid groups (broad SMARTS) is 1. The van der Waals surface area contributed by atoms with Gasteiger partial charge in [-0.05, 0) is 12.1 Å². The quantitative estimate of drug-likeness (QED) is 0.331. The zero-order valence-corrected chi connectivity index (χ0v) is 20.0. The summed E-state index contributed by atoms with van der Waals surface area (Å²) in [5, 5.41) is 10.9. The summed E-state index contributed by atoms with van der Waals surface area (Å²) >= 11 is 8.55. The first kappa shape index (κ1) is 23.0. The smallest absolute Gasteiger partial charge is 0.346 e. The van der Waals surface area contributed by atoms with E-state index in [2.05, 4.69) is 9.97 Å². The van der Waals surface area contributed by atoms with Gasteiger partial charge < -0.3 is 19.6 Å². The van der Waals surface area contributed by atoms with Crippen LogP contribution in [0.4, 0.5) is 4.39 Å². The molecule has 0 radical (unpaired) electrons. The summed E-state index contributed by atoms with van der Waals surface area (Å²) in [6.07, 6.45) is 0. The van der Waals surface area contributed by atoms with Gasteiger partial charge >= 0.3 is 11.7 Å². The van der Waals surface area contributed by atoms with Gasteiger partial charge in [0.2, 0.25) is 0 Å². The normalized spacial score (nSPS) is 11.3. The topological polar surface area (TPSA) is 124 Å². The molecule has 0 bridgehead atoms. The van der Waals surface area contributed by atoms with Gasteiger partial charge in [0.1, 0.15) is 11.5 Å². The minimum Gasteiger partial charge on any atom is -0.493 e. The van der Waals surface area contributed by atoms with Crippen LogP contribution >= 0.6 is 34.3 Å². The Labute approximate surface area is 207 Å². The second-order valence-corrected chi connectivity index (χ2v) is 9.37. The summed E-state index contributed by atoms with van der Waals surface area (Å²) in [5.74, 6) is -2.25. The third kappa shape index (κ3) is 3.85. The number of carboxylic acids is 1. The first-order valence-corrected chi connectivity index (χ1v) is 11.9. The lowest BCUT2D eigenvalue weighted by Gasteiger charge is -2.15. The van der Waals surface area contributed by atoms with Gasteiger partial charge in [0.05, 0.1) is 39.4 Å². The summed E-state index contributed by atoms with van der Waals surface area (Å²) in [5.41, 5.74) is 0.616. The van der Waals surface area contributed by atoms with E-state index in [-0.39, 0.29) is 33.9 Å². The van der Waals surface area contributed by atoms with Gasteiger partial charge in [0.25, 0.3) is 5.56 Å². The maximum atomic E-state index is 15.1. The molecular formula is C22H13ClFN3O6S2. The summed E-state index contributed by atoms with van der Waals surface area (Å²) in [7, 11) is 1.31. The highest BCUT2D eigenvalue weighted by Crippen LogP contribution is 2.34. The van der Waals surface area contributed by atoms with Crippen molar-refractivity contribution in [1.29, 1.82) is 0 Å². The molecule has 0 aliphatic heterocycles. The second kappa shape index (κ2) is 8.80. The maximum Gasteiger partial charge on any atom is 0.346 e. The molecule has 9 nitrogen and oxygen atoms in total. The van der Waals surface area contributed by atoms with Crippen LogP contribution < -0.4 is 20.7 Å². The standard InChI is InChI=1S/C22H13ClFN3O6S2/c1-32-14-4-11(24)13(27-20(28)17-12(26-22(27)31)7-34-19(17)21(29)30)5-15(14)33-6-9-10(23)2-3-16-18(9)25-8-35-16/h2-5,7-8H,6H2,1H3,(H,26,31)(H,29,30). The van der Waals surface area contributed by atoms with E-state index in [9.17, 15) is 19.5 Å². The largest absolute Gasteiger partial charge is 0.493 e. The van der Waals surface area contributed by atoms with Crippen LogP contribution in [0.1, 0.15) is 15.2 Å². The fraction of sp³-hybridized carbons (Fsp3) is 0.0909. The number of aromatic amines is 1. The number of H-pyrrole nitrogens is 1. The number of aromatic carboxylic acids is 1. The van der Waals surface area contributed by atoms with Crippen molar-refractivity contribution in [1.82, 2.24) is 14.5 Å². The van der Waals surface area contributed by atoms with E-state index in [4.69, 9.17) is 21.1 Å².